The van der Waals surface area contributed by atoms with Crippen molar-refractivity contribution in [3.05, 3.63) is 86.4 Å². The predicted octanol–water partition coefficient (Wildman–Crippen LogP) is 2.18. The maximum Gasteiger partial charge on any atom is 2.00 e. The molecule has 4 rings (SSSR count). The number of hydrogen-bond donors (Lipinski definition) is 0. The Kier molecular flexibility index (Phi) is 23.9. The maximum atomic E-state index is 12.8. The van der Waals surface area contributed by atoms with Crippen LogP contribution in [-0.4, -0.2) is 72.9 Å². The number of hydrogen-bond acceptors (Lipinski definition) is 10. The van der Waals surface area contributed by atoms with E-state index >= 15 is 0 Å². The Balaban J connectivity index is 0. The van der Waals surface area contributed by atoms with Crippen LogP contribution >= 0.6 is 34.8 Å². The number of carbonyl (C=O) groups is 1. The van der Waals surface area contributed by atoms with Gasteiger partial charge < -0.3 is 30.7 Å². The summed E-state index contributed by atoms with van der Waals surface area (Å²) in [5.74, 6) is -1.46. The first-order valence-electron chi connectivity index (χ1n) is 13.3. The second-order valence-corrected chi connectivity index (χ2v) is 10.6. The first-order chi connectivity index (χ1) is 21.0. The summed E-state index contributed by atoms with van der Waals surface area (Å²) in [6.07, 6.45) is 2.77. The van der Waals surface area contributed by atoms with E-state index in [0.717, 1.165) is 20.0 Å². The largest absolute Gasteiger partial charge is 2.00 e. The Hall–Kier alpha value is -2.85. The molecule has 0 amide bonds. The van der Waals surface area contributed by atoms with Gasteiger partial charge in [0.05, 0.1) is 25.3 Å². The van der Waals surface area contributed by atoms with Crippen molar-refractivity contribution in [3.63, 3.8) is 0 Å². The fourth-order valence-electron chi connectivity index (χ4n) is 4.25. The third-order valence-corrected chi connectivity index (χ3v) is 6.76. The Morgan fingerprint density at radius 1 is 0.830 bits per heavy atom. The molecule has 0 atom stereocenters. The number of carboxylic acid groups (broad SMARTS) is 1. The average Bonchev–Trinajstić information content (AvgIpc) is 3.36. The number of rotatable bonds is 9. The summed E-state index contributed by atoms with van der Waals surface area (Å²) in [5, 5.41) is 54.4. The summed E-state index contributed by atoms with van der Waals surface area (Å²) in [5.41, 5.74) is 1.46. The van der Waals surface area contributed by atoms with E-state index in [0.29, 0.717) is 57.9 Å². The predicted molar refractivity (Wildman–Crippen MR) is 169 cm³/mol. The molecule has 11 nitrogen and oxygen atoms in total. The van der Waals surface area contributed by atoms with Crippen molar-refractivity contribution >= 4 is 53.2 Å². The third-order valence-electron chi connectivity index (χ3n) is 6.05. The smallest absolute Gasteiger partial charge is 0.872 e. The second-order valence-electron chi connectivity index (χ2n) is 9.28. The van der Waals surface area contributed by atoms with Crippen molar-refractivity contribution in [1.29, 1.82) is 5.26 Å². The van der Waals surface area contributed by atoms with E-state index < -0.39 is 5.97 Å². The van der Waals surface area contributed by atoms with Gasteiger partial charge in [0.25, 0.3) is 0 Å². The average molecular weight is 804 g/mol. The number of benzene rings is 3. The SMILES string of the molecule is CC#N.CC(=O)[O-].O.[Cu+2].[Cu+2].[O-]c1ccc(Cl)cc1C=NCCN1CCN(CCN=Cc2cc(Cl)ccc2[O-])C1c1cc(Cl)ccc1[O-]. The summed E-state index contributed by atoms with van der Waals surface area (Å²) < 4.78 is 0. The molecule has 0 saturated carbocycles. The normalized spacial score (nSPS) is 14.0. The molecule has 260 valence electrons. The van der Waals surface area contributed by atoms with E-state index in [9.17, 15) is 15.3 Å². The minimum Gasteiger partial charge on any atom is -0.872 e. The Morgan fingerprint density at radius 3 is 1.55 bits per heavy atom. The third kappa shape index (κ3) is 16.2. The van der Waals surface area contributed by atoms with E-state index in [-0.39, 0.29) is 63.0 Å². The molecule has 3 aromatic rings. The standard InChI is InChI=1S/C27H27Cl3N4O3.C2H3N.C2H4O2.2Cu.H2O/c28-20-1-4-24(35)18(13-20)16-31-7-9-33-11-12-34(27(33)23-15-22(30)3-6-26(23)37)10-8-32-17-19-14-21(29)2-5-25(19)36;1-2-3;1-2(3)4;;;/h1-6,13-17,27,35-37H,7-12H2;1H3;1H3,(H,3,4);;;1H2/q;;;2*+2;/p-4. The van der Waals surface area contributed by atoms with Gasteiger partial charge >= 0.3 is 34.1 Å². The number of aliphatic imine (C=N–C) groups is 2. The molecular formula is C31H32Cl3Cu2N5O6. The van der Waals surface area contributed by atoms with E-state index in [4.69, 9.17) is 50.0 Å². The number of carboxylic acids is 1. The topological polar surface area (TPSA) is 196 Å². The van der Waals surface area contributed by atoms with Crippen LogP contribution < -0.4 is 20.4 Å². The number of nitrogens with zero attached hydrogens (tertiary/aromatic N) is 5. The second kappa shape index (κ2) is 24.3. The molecule has 0 unspecified atom stereocenters. The molecule has 0 aliphatic carbocycles. The number of carbonyl (C=O) groups excluding carboxylic acids is 1. The van der Waals surface area contributed by atoms with E-state index in [1.165, 1.54) is 37.6 Å². The van der Waals surface area contributed by atoms with Gasteiger partial charge in [0.2, 0.25) is 0 Å². The quantitative estimate of drug-likeness (QED) is 0.232. The van der Waals surface area contributed by atoms with Gasteiger partial charge in [-0.25, -0.2) is 0 Å². The summed E-state index contributed by atoms with van der Waals surface area (Å²) in [7, 11) is 0. The molecule has 0 spiro atoms. The van der Waals surface area contributed by atoms with Crippen LogP contribution in [0.4, 0.5) is 0 Å². The number of halogens is 3. The fraction of sp³-hybridized carbons (Fsp3) is 0.290. The van der Waals surface area contributed by atoms with Crippen LogP contribution in [0.15, 0.2) is 64.6 Å². The van der Waals surface area contributed by atoms with Gasteiger partial charge in [0, 0.05) is 66.6 Å². The molecule has 1 saturated heterocycles. The van der Waals surface area contributed by atoms with Crippen LogP contribution in [-0.2, 0) is 38.9 Å². The van der Waals surface area contributed by atoms with Crippen LogP contribution in [0.25, 0.3) is 0 Å². The van der Waals surface area contributed by atoms with Crippen LogP contribution in [0.5, 0.6) is 17.2 Å². The minimum absolute atomic E-state index is 0. The molecule has 47 heavy (non-hydrogen) atoms. The molecular weight excluding hydrogens is 772 g/mol. The van der Waals surface area contributed by atoms with Gasteiger partial charge in [-0.05, 0) is 60.0 Å². The van der Waals surface area contributed by atoms with E-state index in [1.807, 2.05) is 0 Å². The molecule has 2 N–H and O–H groups in total. The molecule has 1 heterocycles. The summed E-state index contributed by atoms with van der Waals surface area (Å²) in [6, 6.07) is 15.6. The summed E-state index contributed by atoms with van der Waals surface area (Å²) >= 11 is 18.2. The zero-order valence-electron chi connectivity index (χ0n) is 25.2. The number of aliphatic carboxylic acids is 1. The molecule has 16 heteroatoms. The molecule has 1 fully saturated rings. The molecule has 1 aliphatic rings. The Bertz CT molecular complexity index is 1430. The van der Waals surface area contributed by atoms with E-state index in [1.54, 1.807) is 42.5 Å². The van der Waals surface area contributed by atoms with Crippen molar-refractivity contribution in [1.82, 2.24) is 9.80 Å². The fourth-order valence-corrected chi connectivity index (χ4v) is 4.80. The number of nitriles is 1. The Morgan fingerprint density at radius 2 is 1.17 bits per heavy atom. The molecule has 0 bridgehead atoms. The zero-order valence-corrected chi connectivity index (χ0v) is 29.3. The van der Waals surface area contributed by atoms with Gasteiger partial charge in [0.15, 0.2) is 0 Å². The van der Waals surface area contributed by atoms with Gasteiger partial charge in [-0.3, -0.25) is 19.8 Å². The van der Waals surface area contributed by atoms with Gasteiger partial charge in [-0.2, -0.15) is 5.26 Å². The minimum atomic E-state index is -1.08. The molecule has 2 radical (unpaired) electrons. The van der Waals surface area contributed by atoms with Crippen LogP contribution in [0, 0.1) is 11.3 Å². The summed E-state index contributed by atoms with van der Waals surface area (Å²) in [4.78, 5) is 22.0. The summed E-state index contributed by atoms with van der Waals surface area (Å²) in [6.45, 7) is 5.86. The van der Waals surface area contributed by atoms with Crippen LogP contribution in [0.3, 0.4) is 0 Å². The first kappa shape index (κ1) is 46.3. The van der Waals surface area contributed by atoms with Crippen molar-refractivity contribution in [2.24, 2.45) is 9.98 Å². The first-order valence-corrected chi connectivity index (χ1v) is 14.5. The van der Waals surface area contributed by atoms with Gasteiger partial charge in [0.1, 0.15) is 0 Å². The van der Waals surface area contributed by atoms with Crippen molar-refractivity contribution < 1.29 is 64.8 Å². The van der Waals surface area contributed by atoms with Crippen LogP contribution in [0.2, 0.25) is 15.1 Å². The molecule has 0 aromatic heterocycles. The van der Waals surface area contributed by atoms with Crippen LogP contribution in [0.1, 0.15) is 36.7 Å². The zero-order chi connectivity index (χ0) is 32.6. The van der Waals surface area contributed by atoms with Gasteiger partial charge in [-0.1, -0.05) is 64.5 Å². The molecule has 1 aliphatic heterocycles. The van der Waals surface area contributed by atoms with Gasteiger partial charge in [-0.15, -0.1) is 5.75 Å². The maximum absolute atomic E-state index is 12.8. The van der Waals surface area contributed by atoms with E-state index in [2.05, 4.69) is 19.8 Å². The van der Waals surface area contributed by atoms with Crippen molar-refractivity contribution in [2.75, 3.05) is 39.3 Å². The monoisotopic (exact) mass is 801 g/mol. The van der Waals surface area contributed by atoms with Crippen molar-refractivity contribution in [3.8, 4) is 23.3 Å². The van der Waals surface area contributed by atoms with Crippen molar-refractivity contribution in [2.45, 2.75) is 20.0 Å². The molecule has 3 aromatic carbocycles. The Labute approximate surface area is 310 Å².